The quantitative estimate of drug-likeness (QED) is 0.619. The van der Waals surface area contributed by atoms with Crippen LogP contribution in [-0.2, 0) is 24.2 Å². The van der Waals surface area contributed by atoms with Gasteiger partial charge in [0.15, 0.2) is 5.82 Å². The maximum Gasteiger partial charge on any atom is 0.249 e. The van der Waals surface area contributed by atoms with Crippen molar-refractivity contribution in [2.45, 2.75) is 45.7 Å². The molecular weight excluding hydrogens is 402 g/mol. The van der Waals surface area contributed by atoms with Crippen LogP contribution in [0.1, 0.15) is 42.8 Å². The topological polar surface area (TPSA) is 90.9 Å². The summed E-state index contributed by atoms with van der Waals surface area (Å²) in [6, 6.07) is 9.60. The van der Waals surface area contributed by atoms with E-state index >= 15 is 0 Å². The van der Waals surface area contributed by atoms with Crippen LogP contribution in [0.5, 0.6) is 0 Å². The molecule has 0 spiro atoms. The number of nitriles is 1. The van der Waals surface area contributed by atoms with Crippen LogP contribution < -0.4 is 9.80 Å². The van der Waals surface area contributed by atoms with Gasteiger partial charge in [-0.2, -0.15) is 10.4 Å². The Balaban J connectivity index is 0.00000245. The van der Waals surface area contributed by atoms with Crippen molar-refractivity contribution >= 4 is 17.4 Å². The van der Waals surface area contributed by atoms with E-state index in [0.29, 0.717) is 18.5 Å². The smallest absolute Gasteiger partial charge is 0.249 e. The fourth-order valence-corrected chi connectivity index (χ4v) is 4.34. The Bertz CT molecular complexity index is 1160. The van der Waals surface area contributed by atoms with Gasteiger partial charge in [-0.1, -0.05) is 19.6 Å². The van der Waals surface area contributed by atoms with E-state index < -0.39 is 0 Å². The molecule has 3 aromatic rings. The lowest BCUT2D eigenvalue weighted by molar-refractivity contribution is -0.119. The second kappa shape index (κ2) is 8.79. The number of likely N-dealkylation sites (N-methyl/N-ethyl adjacent to an activating group) is 1. The summed E-state index contributed by atoms with van der Waals surface area (Å²) in [5.41, 5.74) is 3.68. The van der Waals surface area contributed by atoms with Crippen LogP contribution >= 0.6 is 0 Å². The van der Waals surface area contributed by atoms with E-state index in [0.717, 1.165) is 54.3 Å². The lowest BCUT2D eigenvalue weighted by Gasteiger charge is -2.36. The van der Waals surface area contributed by atoms with Crippen LogP contribution in [0.4, 0.5) is 11.5 Å². The summed E-state index contributed by atoms with van der Waals surface area (Å²) in [7, 11) is 1.81. The molecule has 0 saturated carbocycles. The molecule has 2 aromatic heterocycles. The van der Waals surface area contributed by atoms with Gasteiger partial charge < -0.3 is 9.80 Å². The summed E-state index contributed by atoms with van der Waals surface area (Å²) in [5.74, 6) is 1.80. The van der Waals surface area contributed by atoms with Gasteiger partial charge >= 0.3 is 0 Å². The monoisotopic (exact) mass is 429 g/mol. The number of hydrogen-bond donors (Lipinski definition) is 0. The van der Waals surface area contributed by atoms with Gasteiger partial charge in [0, 0.05) is 26.2 Å². The molecule has 8 heteroatoms. The maximum absolute atomic E-state index is 12.5. The van der Waals surface area contributed by atoms with Gasteiger partial charge in [0.2, 0.25) is 5.91 Å². The number of benzene rings is 1. The molecule has 0 bridgehead atoms. The van der Waals surface area contributed by atoms with Crippen LogP contribution in [0.25, 0.3) is 0 Å². The highest BCUT2D eigenvalue weighted by Crippen LogP contribution is 2.37. The van der Waals surface area contributed by atoms with Crippen LogP contribution in [-0.4, -0.2) is 45.3 Å². The fraction of sp³-hybridized carbons (Fsp3) is 0.375. The lowest BCUT2D eigenvalue weighted by Crippen LogP contribution is -2.49. The summed E-state index contributed by atoms with van der Waals surface area (Å²) in [6.45, 7) is 1.54. The summed E-state index contributed by atoms with van der Waals surface area (Å²) >= 11 is 0. The maximum atomic E-state index is 12.5. The Morgan fingerprint density at radius 2 is 1.97 bits per heavy atom. The number of amides is 1. The molecular formula is C24H27N7O. The van der Waals surface area contributed by atoms with Crippen molar-refractivity contribution in [3.63, 3.8) is 0 Å². The molecule has 1 fully saturated rings. The zero-order valence-corrected chi connectivity index (χ0v) is 17.4. The standard InChI is InChI=1S/C23H23N7O.CH4/c1-28-20-13-25-21(27-22(20)30-10-2-3-19(30)23(28)31)9-8-18-12-26-29(15-18)14-17-6-4-16(11-24)5-7-17;/h4-7,12-13,15,19H,2-3,8-10,14H2,1H3;1H4/t19-;/m0./s1. The van der Waals surface area contributed by atoms with E-state index in [-0.39, 0.29) is 19.4 Å². The van der Waals surface area contributed by atoms with Gasteiger partial charge in [-0.25, -0.2) is 9.97 Å². The number of carbonyl (C=O) groups excluding carboxylic acids is 1. The molecule has 2 aliphatic heterocycles. The van der Waals surface area contributed by atoms with Crippen molar-refractivity contribution in [2.24, 2.45) is 0 Å². The van der Waals surface area contributed by atoms with Gasteiger partial charge in [-0.05, 0) is 42.5 Å². The summed E-state index contributed by atoms with van der Waals surface area (Å²) in [5, 5.41) is 13.4. The lowest BCUT2D eigenvalue weighted by atomic mass is 10.1. The van der Waals surface area contributed by atoms with Crippen molar-refractivity contribution in [1.29, 1.82) is 5.26 Å². The van der Waals surface area contributed by atoms with Crippen LogP contribution in [0.2, 0.25) is 0 Å². The fourth-order valence-electron chi connectivity index (χ4n) is 4.34. The van der Waals surface area contributed by atoms with Crippen LogP contribution in [0.3, 0.4) is 0 Å². The molecule has 1 amide bonds. The Hall–Kier alpha value is -3.73. The highest BCUT2D eigenvalue weighted by atomic mass is 16.2. The van der Waals surface area contributed by atoms with Crippen molar-refractivity contribution in [3.05, 3.63) is 65.4 Å². The summed E-state index contributed by atoms with van der Waals surface area (Å²) < 4.78 is 1.90. The predicted molar refractivity (Wildman–Crippen MR) is 122 cm³/mol. The molecule has 164 valence electrons. The first-order valence-corrected chi connectivity index (χ1v) is 10.5. The highest BCUT2D eigenvalue weighted by molar-refractivity contribution is 6.04. The number of aryl methyl sites for hydroxylation is 2. The normalized spacial score (nSPS) is 16.9. The molecule has 5 rings (SSSR count). The SMILES string of the molecule is C.CN1C(=O)[C@@H]2CCCN2c2nc(CCc3cnn(Cc4ccc(C#N)cc4)c3)ncc21. The summed E-state index contributed by atoms with van der Waals surface area (Å²) in [6.07, 6.45) is 9.11. The summed E-state index contributed by atoms with van der Waals surface area (Å²) in [4.78, 5) is 25.7. The van der Waals surface area contributed by atoms with Crippen molar-refractivity contribution in [2.75, 3.05) is 23.4 Å². The van der Waals surface area contributed by atoms with Gasteiger partial charge in [0.25, 0.3) is 0 Å². The first-order valence-electron chi connectivity index (χ1n) is 10.5. The Morgan fingerprint density at radius 1 is 1.16 bits per heavy atom. The van der Waals surface area contributed by atoms with E-state index in [1.165, 1.54) is 0 Å². The molecule has 0 N–H and O–H groups in total. The molecule has 8 nitrogen and oxygen atoms in total. The van der Waals surface area contributed by atoms with E-state index in [9.17, 15) is 4.79 Å². The largest absolute Gasteiger partial charge is 0.343 e. The van der Waals surface area contributed by atoms with Gasteiger partial charge in [0.1, 0.15) is 17.6 Å². The minimum absolute atomic E-state index is 0. The second-order valence-corrected chi connectivity index (χ2v) is 8.10. The Morgan fingerprint density at radius 3 is 2.75 bits per heavy atom. The molecule has 32 heavy (non-hydrogen) atoms. The average Bonchev–Trinajstić information content (AvgIpc) is 3.46. The van der Waals surface area contributed by atoms with Gasteiger partial charge in [-0.15, -0.1) is 0 Å². The van der Waals surface area contributed by atoms with Crippen molar-refractivity contribution < 1.29 is 4.79 Å². The number of rotatable bonds is 5. The molecule has 1 atom stereocenters. The zero-order chi connectivity index (χ0) is 21.4. The minimum Gasteiger partial charge on any atom is -0.343 e. The van der Waals surface area contributed by atoms with Gasteiger partial charge in [0.05, 0.1) is 30.6 Å². The van der Waals surface area contributed by atoms with Crippen LogP contribution in [0.15, 0.2) is 42.9 Å². The van der Waals surface area contributed by atoms with E-state index in [1.807, 2.05) is 48.4 Å². The molecule has 0 unspecified atom stereocenters. The third-order valence-corrected chi connectivity index (χ3v) is 6.05. The minimum atomic E-state index is -0.0827. The first-order chi connectivity index (χ1) is 15.1. The molecule has 2 aliphatic rings. The molecule has 4 heterocycles. The number of carbonyl (C=O) groups is 1. The third-order valence-electron chi connectivity index (χ3n) is 6.05. The molecule has 0 aliphatic carbocycles. The predicted octanol–water partition coefficient (Wildman–Crippen LogP) is 2.96. The molecule has 1 saturated heterocycles. The first kappa shape index (κ1) is 21.5. The van der Waals surface area contributed by atoms with Gasteiger partial charge in [-0.3, -0.25) is 9.48 Å². The number of anilines is 2. The Labute approximate surface area is 188 Å². The van der Waals surface area contributed by atoms with Crippen molar-refractivity contribution in [1.82, 2.24) is 19.7 Å². The number of hydrogen-bond acceptors (Lipinski definition) is 6. The molecule has 1 aromatic carbocycles. The second-order valence-electron chi connectivity index (χ2n) is 8.10. The molecule has 0 radical (unpaired) electrons. The van der Waals surface area contributed by atoms with E-state index in [4.69, 9.17) is 10.2 Å². The highest BCUT2D eigenvalue weighted by Gasteiger charge is 2.40. The Kier molecular flexibility index (Phi) is 5.91. The average molecular weight is 430 g/mol. The van der Waals surface area contributed by atoms with E-state index in [1.54, 1.807) is 11.1 Å². The van der Waals surface area contributed by atoms with Crippen LogP contribution in [0, 0.1) is 11.3 Å². The number of aromatic nitrogens is 4. The third kappa shape index (κ3) is 3.94. The number of nitrogens with zero attached hydrogens (tertiary/aromatic N) is 7. The van der Waals surface area contributed by atoms with Crippen molar-refractivity contribution in [3.8, 4) is 6.07 Å². The number of fused-ring (bicyclic) bond motifs is 3. The van der Waals surface area contributed by atoms with E-state index in [2.05, 4.69) is 21.1 Å². The zero-order valence-electron chi connectivity index (χ0n) is 17.4.